The van der Waals surface area contributed by atoms with E-state index in [0.29, 0.717) is 0 Å². The quantitative estimate of drug-likeness (QED) is 0.649. The molecule has 1 radical (unpaired) electrons. The Morgan fingerprint density at radius 2 is 1.32 bits per heavy atom. The molecule has 0 saturated carbocycles. The minimum absolute atomic E-state index is 0.763. The first-order valence-electron chi connectivity index (χ1n) is 7.41. The van der Waals surface area contributed by atoms with Gasteiger partial charge in [-0.15, -0.1) is 0 Å². The molecule has 0 bridgehead atoms. The van der Waals surface area contributed by atoms with Crippen LogP contribution in [0.5, 0.6) is 0 Å². The third kappa shape index (κ3) is 1.65. The fourth-order valence-electron chi connectivity index (χ4n) is 3.37. The summed E-state index contributed by atoms with van der Waals surface area (Å²) in [5.41, 5.74) is 3.27. The SMILES string of the molecule is CN1c2ccccc2-c2ccccc2C1([O])c1ccccc1. The second kappa shape index (κ2) is 4.72. The van der Waals surface area contributed by atoms with Crippen LogP contribution in [0, 0.1) is 0 Å². The summed E-state index contributed by atoms with van der Waals surface area (Å²) < 4.78 is 0. The topological polar surface area (TPSA) is 23.1 Å². The molecule has 107 valence electrons. The zero-order valence-electron chi connectivity index (χ0n) is 12.4. The van der Waals surface area contributed by atoms with E-state index in [2.05, 4.69) is 6.07 Å². The molecule has 1 aliphatic heterocycles. The van der Waals surface area contributed by atoms with Gasteiger partial charge in [0.1, 0.15) is 0 Å². The van der Waals surface area contributed by atoms with E-state index < -0.39 is 5.72 Å². The molecule has 0 aromatic heterocycles. The fourth-order valence-corrected chi connectivity index (χ4v) is 3.37. The Kier molecular flexibility index (Phi) is 2.81. The van der Waals surface area contributed by atoms with Crippen molar-refractivity contribution in [2.45, 2.75) is 5.72 Å². The van der Waals surface area contributed by atoms with Gasteiger partial charge in [-0.3, -0.25) is 0 Å². The highest BCUT2D eigenvalue weighted by Gasteiger charge is 2.44. The van der Waals surface area contributed by atoms with Gasteiger partial charge in [0, 0.05) is 29.4 Å². The summed E-state index contributed by atoms with van der Waals surface area (Å²) in [6, 6.07) is 25.6. The number of hydrogen-bond donors (Lipinski definition) is 0. The van der Waals surface area contributed by atoms with Crippen LogP contribution in [0.2, 0.25) is 0 Å². The standard InChI is InChI=1S/C20H16NO/c1-21-19-14-8-6-12-17(19)16-11-5-7-13-18(16)20(21,22)15-9-3-2-4-10-15/h2-14H,1H3. The lowest BCUT2D eigenvalue weighted by Gasteiger charge is -2.43. The van der Waals surface area contributed by atoms with Crippen molar-refractivity contribution in [2.24, 2.45) is 0 Å². The number of fused-ring (bicyclic) bond motifs is 3. The third-order valence-electron chi connectivity index (χ3n) is 4.49. The molecule has 2 heteroatoms. The van der Waals surface area contributed by atoms with Crippen molar-refractivity contribution in [3.05, 3.63) is 90.0 Å². The van der Waals surface area contributed by atoms with Crippen LogP contribution in [0.4, 0.5) is 5.69 Å². The lowest BCUT2D eigenvalue weighted by atomic mass is 9.82. The monoisotopic (exact) mass is 286 g/mol. The summed E-state index contributed by atoms with van der Waals surface area (Å²) in [5.74, 6) is 0. The molecule has 1 unspecified atom stereocenters. The second-order valence-corrected chi connectivity index (χ2v) is 5.63. The molecule has 0 N–H and O–H groups in total. The van der Waals surface area contributed by atoms with Gasteiger partial charge in [-0.2, -0.15) is 5.11 Å². The van der Waals surface area contributed by atoms with E-state index in [1.807, 2.05) is 84.7 Å². The molecule has 0 saturated heterocycles. The highest BCUT2D eigenvalue weighted by Crippen LogP contribution is 2.48. The molecule has 3 aromatic carbocycles. The minimum Gasteiger partial charge on any atom is -0.336 e. The molecular weight excluding hydrogens is 270 g/mol. The van der Waals surface area contributed by atoms with Gasteiger partial charge in [0.25, 0.3) is 0 Å². The number of anilines is 1. The molecule has 4 rings (SSSR count). The maximum Gasteiger partial charge on any atom is 0.227 e. The van der Waals surface area contributed by atoms with Crippen molar-refractivity contribution >= 4 is 5.69 Å². The van der Waals surface area contributed by atoms with Gasteiger partial charge in [-0.05, 0) is 11.6 Å². The summed E-state index contributed by atoms with van der Waals surface area (Å²) in [5, 5.41) is 14.0. The summed E-state index contributed by atoms with van der Waals surface area (Å²) in [4.78, 5) is 1.85. The molecule has 0 aliphatic carbocycles. The smallest absolute Gasteiger partial charge is 0.227 e. The first kappa shape index (κ1) is 13.1. The van der Waals surface area contributed by atoms with Crippen molar-refractivity contribution < 1.29 is 5.11 Å². The third-order valence-corrected chi connectivity index (χ3v) is 4.49. The number of para-hydroxylation sites is 1. The van der Waals surface area contributed by atoms with Gasteiger partial charge in [-0.1, -0.05) is 72.8 Å². The van der Waals surface area contributed by atoms with Crippen LogP contribution in [0.1, 0.15) is 11.1 Å². The maximum atomic E-state index is 14.0. The molecule has 0 amide bonds. The van der Waals surface area contributed by atoms with Crippen LogP contribution < -0.4 is 4.90 Å². The fraction of sp³-hybridized carbons (Fsp3) is 0.100. The molecular formula is C20H16NO. The predicted molar refractivity (Wildman–Crippen MR) is 88.2 cm³/mol. The molecule has 0 fully saturated rings. The summed E-state index contributed by atoms with van der Waals surface area (Å²) in [6.07, 6.45) is 0. The van der Waals surface area contributed by atoms with Crippen LogP contribution in [0.25, 0.3) is 11.1 Å². The van der Waals surface area contributed by atoms with Crippen molar-refractivity contribution in [3.63, 3.8) is 0 Å². The Morgan fingerprint density at radius 1 is 0.727 bits per heavy atom. The van der Waals surface area contributed by atoms with Gasteiger partial charge in [0.15, 0.2) is 0 Å². The lowest BCUT2D eigenvalue weighted by Crippen LogP contribution is -2.46. The minimum atomic E-state index is -1.41. The molecule has 2 nitrogen and oxygen atoms in total. The van der Waals surface area contributed by atoms with E-state index in [-0.39, 0.29) is 0 Å². The summed E-state index contributed by atoms with van der Waals surface area (Å²) in [7, 11) is 1.88. The summed E-state index contributed by atoms with van der Waals surface area (Å²) in [6.45, 7) is 0. The number of nitrogens with zero attached hydrogens (tertiary/aromatic N) is 1. The Hall–Kier alpha value is -2.58. The van der Waals surface area contributed by atoms with Gasteiger partial charge in [0.05, 0.1) is 0 Å². The molecule has 1 aliphatic rings. The van der Waals surface area contributed by atoms with E-state index in [1.54, 1.807) is 0 Å². The molecule has 3 aromatic rings. The zero-order chi connectivity index (χ0) is 15.2. The van der Waals surface area contributed by atoms with E-state index in [1.165, 1.54) is 0 Å². The Balaban J connectivity index is 2.06. The Labute approximate surface area is 130 Å². The Morgan fingerprint density at radius 3 is 2.09 bits per heavy atom. The lowest BCUT2D eigenvalue weighted by molar-refractivity contribution is 0.00354. The maximum absolute atomic E-state index is 14.0. The van der Waals surface area contributed by atoms with Crippen LogP contribution in [0.3, 0.4) is 0 Å². The average molecular weight is 286 g/mol. The van der Waals surface area contributed by atoms with Gasteiger partial charge in [-0.25, -0.2) is 0 Å². The highest BCUT2D eigenvalue weighted by molar-refractivity contribution is 5.86. The largest absolute Gasteiger partial charge is 0.336 e. The van der Waals surface area contributed by atoms with Gasteiger partial charge < -0.3 is 4.90 Å². The van der Waals surface area contributed by atoms with Crippen LogP contribution in [0.15, 0.2) is 78.9 Å². The van der Waals surface area contributed by atoms with E-state index >= 15 is 0 Å². The molecule has 22 heavy (non-hydrogen) atoms. The zero-order valence-corrected chi connectivity index (χ0v) is 12.4. The summed E-state index contributed by atoms with van der Waals surface area (Å²) >= 11 is 0. The number of rotatable bonds is 1. The van der Waals surface area contributed by atoms with Crippen molar-refractivity contribution in [3.8, 4) is 11.1 Å². The Bertz CT molecular complexity index is 828. The predicted octanol–water partition coefficient (Wildman–Crippen LogP) is 4.44. The number of benzene rings is 3. The van der Waals surface area contributed by atoms with Gasteiger partial charge in [0.2, 0.25) is 5.72 Å². The van der Waals surface area contributed by atoms with Crippen LogP contribution in [-0.4, -0.2) is 7.05 Å². The average Bonchev–Trinajstić information content (AvgIpc) is 2.60. The van der Waals surface area contributed by atoms with Crippen LogP contribution >= 0.6 is 0 Å². The normalized spacial score (nSPS) is 19.5. The van der Waals surface area contributed by atoms with Crippen LogP contribution in [-0.2, 0) is 10.8 Å². The van der Waals surface area contributed by atoms with Gasteiger partial charge >= 0.3 is 0 Å². The number of hydrogen-bond acceptors (Lipinski definition) is 1. The molecule has 1 heterocycles. The second-order valence-electron chi connectivity index (χ2n) is 5.63. The van der Waals surface area contributed by atoms with Crippen molar-refractivity contribution in [2.75, 3.05) is 11.9 Å². The van der Waals surface area contributed by atoms with E-state index in [4.69, 9.17) is 0 Å². The highest BCUT2D eigenvalue weighted by atomic mass is 16.3. The first-order chi connectivity index (χ1) is 10.7. The van der Waals surface area contributed by atoms with Crippen molar-refractivity contribution in [1.29, 1.82) is 0 Å². The molecule has 1 atom stereocenters. The van der Waals surface area contributed by atoms with Crippen molar-refractivity contribution in [1.82, 2.24) is 0 Å². The molecule has 0 spiro atoms. The van der Waals surface area contributed by atoms with E-state index in [0.717, 1.165) is 27.9 Å². The first-order valence-corrected chi connectivity index (χ1v) is 7.41. The van der Waals surface area contributed by atoms with E-state index in [9.17, 15) is 5.11 Å².